The van der Waals surface area contributed by atoms with E-state index in [9.17, 15) is 15.3 Å². The zero-order valence-electron chi connectivity index (χ0n) is 7.29. The van der Waals surface area contributed by atoms with Crippen LogP contribution in [-0.4, -0.2) is 64.7 Å². The van der Waals surface area contributed by atoms with Gasteiger partial charge in [0.2, 0.25) is 0 Å². The van der Waals surface area contributed by atoms with Crippen molar-refractivity contribution < 1.29 is 25.2 Å². The molecule has 1 rings (SSSR count). The Morgan fingerprint density at radius 3 is 2.31 bits per heavy atom. The standard InChI is InChI=1S/C7H15NO5/c1-8-4-6(11)5(10)3(2-9)13-7(4)12/h3-12H,2H2,1H3/t3?,4?,5-,6-,7-/m0/s1. The molecule has 1 saturated heterocycles. The first-order valence-corrected chi connectivity index (χ1v) is 4.09. The van der Waals surface area contributed by atoms with Gasteiger partial charge in [-0.3, -0.25) is 0 Å². The molecule has 0 bridgehead atoms. The smallest absolute Gasteiger partial charge is 0.173 e. The summed E-state index contributed by atoms with van der Waals surface area (Å²) in [5.74, 6) is 0. The summed E-state index contributed by atoms with van der Waals surface area (Å²) in [4.78, 5) is 0. The summed E-state index contributed by atoms with van der Waals surface area (Å²) in [5, 5.41) is 39.4. The van der Waals surface area contributed by atoms with Crippen LogP contribution >= 0.6 is 0 Å². The highest BCUT2D eigenvalue weighted by Gasteiger charge is 2.42. The Hall–Kier alpha value is -0.240. The van der Waals surface area contributed by atoms with Crippen LogP contribution in [0.2, 0.25) is 0 Å². The van der Waals surface area contributed by atoms with E-state index in [1.54, 1.807) is 0 Å². The van der Waals surface area contributed by atoms with E-state index in [1.807, 2.05) is 0 Å². The van der Waals surface area contributed by atoms with Crippen LogP contribution < -0.4 is 5.32 Å². The Labute approximate surface area is 75.8 Å². The number of hydrogen-bond acceptors (Lipinski definition) is 6. The quantitative estimate of drug-likeness (QED) is 0.320. The van der Waals surface area contributed by atoms with Gasteiger partial charge in [0.25, 0.3) is 0 Å². The van der Waals surface area contributed by atoms with Gasteiger partial charge >= 0.3 is 0 Å². The lowest BCUT2D eigenvalue weighted by Crippen LogP contribution is -2.62. The SMILES string of the molecule is CNC1[C@@H](O)OC(CO)[C@H](O)[C@H]1O. The lowest BCUT2D eigenvalue weighted by atomic mass is 9.97. The highest BCUT2D eigenvalue weighted by Crippen LogP contribution is 2.18. The molecule has 0 spiro atoms. The molecule has 0 aliphatic carbocycles. The summed E-state index contributed by atoms with van der Waals surface area (Å²) in [6.45, 7) is -0.439. The average molecular weight is 193 g/mol. The number of rotatable bonds is 2. The maximum Gasteiger partial charge on any atom is 0.173 e. The third kappa shape index (κ3) is 1.98. The van der Waals surface area contributed by atoms with Crippen LogP contribution in [0, 0.1) is 0 Å². The molecule has 0 radical (unpaired) electrons. The third-order valence-corrected chi connectivity index (χ3v) is 2.23. The maximum atomic E-state index is 9.45. The first-order chi connectivity index (χ1) is 6.11. The largest absolute Gasteiger partial charge is 0.394 e. The number of aliphatic hydroxyl groups is 4. The molecule has 6 heteroatoms. The molecule has 5 atom stereocenters. The second kappa shape index (κ2) is 4.32. The van der Waals surface area contributed by atoms with E-state index >= 15 is 0 Å². The van der Waals surface area contributed by atoms with Gasteiger partial charge in [-0.2, -0.15) is 0 Å². The van der Waals surface area contributed by atoms with Crippen molar-refractivity contribution in [1.29, 1.82) is 0 Å². The van der Waals surface area contributed by atoms with Gasteiger partial charge in [-0.05, 0) is 7.05 Å². The first kappa shape index (κ1) is 10.8. The van der Waals surface area contributed by atoms with E-state index in [1.165, 1.54) is 7.05 Å². The van der Waals surface area contributed by atoms with Crippen molar-refractivity contribution in [2.75, 3.05) is 13.7 Å². The average Bonchev–Trinajstić information content (AvgIpc) is 2.12. The lowest BCUT2D eigenvalue weighted by Gasteiger charge is -2.39. The van der Waals surface area contributed by atoms with Crippen LogP contribution in [0.4, 0.5) is 0 Å². The van der Waals surface area contributed by atoms with Crippen molar-refractivity contribution in [2.45, 2.75) is 30.6 Å². The monoisotopic (exact) mass is 193 g/mol. The second-order valence-electron chi connectivity index (χ2n) is 3.04. The van der Waals surface area contributed by atoms with Crippen molar-refractivity contribution in [2.24, 2.45) is 0 Å². The first-order valence-electron chi connectivity index (χ1n) is 4.09. The maximum absolute atomic E-state index is 9.45. The van der Waals surface area contributed by atoms with Gasteiger partial charge in [0.05, 0.1) is 12.6 Å². The van der Waals surface area contributed by atoms with Gasteiger partial charge in [0, 0.05) is 0 Å². The Morgan fingerprint density at radius 2 is 1.85 bits per heavy atom. The fourth-order valence-corrected chi connectivity index (χ4v) is 1.41. The summed E-state index contributed by atoms with van der Waals surface area (Å²) in [6.07, 6.45) is -4.49. The molecule has 0 aromatic heterocycles. The van der Waals surface area contributed by atoms with Crippen LogP contribution in [0.25, 0.3) is 0 Å². The number of nitrogens with one attached hydrogen (secondary N) is 1. The fraction of sp³-hybridized carbons (Fsp3) is 1.00. The number of ether oxygens (including phenoxy) is 1. The van der Waals surface area contributed by atoms with Gasteiger partial charge in [-0.1, -0.05) is 0 Å². The molecule has 78 valence electrons. The van der Waals surface area contributed by atoms with Gasteiger partial charge in [0.1, 0.15) is 18.3 Å². The lowest BCUT2D eigenvalue weighted by molar-refractivity contribution is -0.253. The fourth-order valence-electron chi connectivity index (χ4n) is 1.41. The van der Waals surface area contributed by atoms with E-state index in [0.717, 1.165) is 0 Å². The topological polar surface area (TPSA) is 102 Å². The third-order valence-electron chi connectivity index (χ3n) is 2.23. The van der Waals surface area contributed by atoms with Gasteiger partial charge < -0.3 is 30.5 Å². The van der Waals surface area contributed by atoms with Crippen LogP contribution in [0.15, 0.2) is 0 Å². The predicted octanol–water partition coefficient (Wildman–Crippen LogP) is -2.99. The molecule has 2 unspecified atom stereocenters. The van der Waals surface area contributed by atoms with Crippen LogP contribution in [-0.2, 0) is 4.74 Å². The van der Waals surface area contributed by atoms with Crippen molar-refractivity contribution in [1.82, 2.24) is 5.32 Å². The molecular formula is C7H15NO5. The van der Waals surface area contributed by atoms with Gasteiger partial charge in [0.15, 0.2) is 6.29 Å². The van der Waals surface area contributed by atoms with Crippen molar-refractivity contribution >= 4 is 0 Å². The van der Waals surface area contributed by atoms with E-state index in [0.29, 0.717) is 0 Å². The highest BCUT2D eigenvalue weighted by atomic mass is 16.6. The summed E-state index contributed by atoms with van der Waals surface area (Å²) in [7, 11) is 1.53. The minimum Gasteiger partial charge on any atom is -0.394 e. The number of hydrogen-bond donors (Lipinski definition) is 5. The molecular weight excluding hydrogens is 178 g/mol. The van der Waals surface area contributed by atoms with Gasteiger partial charge in [-0.25, -0.2) is 0 Å². The number of likely N-dealkylation sites (N-methyl/N-ethyl adjacent to an activating group) is 1. The Bertz CT molecular complexity index is 167. The van der Waals surface area contributed by atoms with Gasteiger partial charge in [-0.15, -0.1) is 0 Å². The van der Waals surface area contributed by atoms with Crippen molar-refractivity contribution in [3.63, 3.8) is 0 Å². The zero-order valence-corrected chi connectivity index (χ0v) is 7.29. The van der Waals surface area contributed by atoms with Crippen LogP contribution in [0.3, 0.4) is 0 Å². The van der Waals surface area contributed by atoms with E-state index in [4.69, 9.17) is 9.84 Å². The molecule has 13 heavy (non-hydrogen) atoms. The Kier molecular flexibility index (Phi) is 3.60. The predicted molar refractivity (Wildman–Crippen MR) is 42.8 cm³/mol. The van der Waals surface area contributed by atoms with Crippen molar-refractivity contribution in [3.05, 3.63) is 0 Å². The van der Waals surface area contributed by atoms with Crippen molar-refractivity contribution in [3.8, 4) is 0 Å². The normalized spacial score (nSPS) is 46.4. The Morgan fingerprint density at radius 1 is 1.23 bits per heavy atom. The summed E-state index contributed by atoms with van der Waals surface area (Å²) < 4.78 is 4.85. The number of aliphatic hydroxyl groups excluding tert-OH is 4. The van der Waals surface area contributed by atoms with E-state index in [-0.39, 0.29) is 0 Å². The summed E-state index contributed by atoms with van der Waals surface area (Å²) in [6, 6.07) is -0.738. The molecule has 0 aromatic rings. The minimum atomic E-state index is -1.22. The molecule has 1 heterocycles. The summed E-state index contributed by atoms with van der Waals surface area (Å²) in [5.41, 5.74) is 0. The molecule has 0 amide bonds. The molecule has 6 nitrogen and oxygen atoms in total. The van der Waals surface area contributed by atoms with E-state index < -0.39 is 37.3 Å². The van der Waals surface area contributed by atoms with Crippen LogP contribution in [0.1, 0.15) is 0 Å². The molecule has 5 N–H and O–H groups in total. The summed E-state index contributed by atoms with van der Waals surface area (Å²) >= 11 is 0. The molecule has 0 aromatic carbocycles. The second-order valence-corrected chi connectivity index (χ2v) is 3.04. The van der Waals surface area contributed by atoms with Crippen LogP contribution in [0.5, 0.6) is 0 Å². The highest BCUT2D eigenvalue weighted by molar-refractivity contribution is 4.91. The minimum absolute atomic E-state index is 0.439. The molecule has 1 aliphatic rings. The molecule has 0 saturated carbocycles. The zero-order chi connectivity index (χ0) is 10.0. The molecule has 1 fully saturated rings. The Balaban J connectivity index is 2.66. The van der Waals surface area contributed by atoms with E-state index in [2.05, 4.69) is 5.32 Å². The molecule has 1 aliphatic heterocycles.